The van der Waals surface area contributed by atoms with Gasteiger partial charge in [0.25, 0.3) is 0 Å². The van der Waals surface area contributed by atoms with Gasteiger partial charge in [-0.3, -0.25) is 0 Å². The van der Waals surface area contributed by atoms with Crippen LogP contribution in [0.1, 0.15) is 6.92 Å². The van der Waals surface area contributed by atoms with Crippen LogP contribution in [-0.4, -0.2) is 41.4 Å². The molecule has 0 radical (unpaired) electrons. The molecule has 0 rings (SSSR count). The van der Waals surface area contributed by atoms with Gasteiger partial charge in [-0.15, -0.1) is 0 Å². The quantitative estimate of drug-likeness (QED) is 0.430. The molecule has 0 unspecified atom stereocenters. The summed E-state index contributed by atoms with van der Waals surface area (Å²) in [5, 5.41) is 21.5. The van der Waals surface area contributed by atoms with E-state index < -0.39 is 18.1 Å². The van der Waals surface area contributed by atoms with E-state index in [4.69, 9.17) is 10.2 Å². The van der Waals surface area contributed by atoms with Gasteiger partial charge in [0.05, 0.1) is 6.54 Å². The SMILES string of the molecule is CCNC(=O)NC[C@H](O)C(=O)O. The topological polar surface area (TPSA) is 98.7 Å². The van der Waals surface area contributed by atoms with Crippen LogP contribution in [0.4, 0.5) is 4.79 Å². The van der Waals surface area contributed by atoms with Crippen LogP contribution in [0.2, 0.25) is 0 Å². The summed E-state index contributed by atoms with van der Waals surface area (Å²) in [4.78, 5) is 20.7. The first kappa shape index (κ1) is 10.7. The summed E-state index contributed by atoms with van der Waals surface area (Å²) in [5.74, 6) is -1.35. The predicted molar refractivity (Wildman–Crippen MR) is 40.7 cm³/mol. The van der Waals surface area contributed by atoms with Crippen molar-refractivity contribution in [1.29, 1.82) is 0 Å². The first-order chi connectivity index (χ1) is 5.57. The van der Waals surface area contributed by atoms with Crippen molar-refractivity contribution in [2.24, 2.45) is 0 Å². The first-order valence-electron chi connectivity index (χ1n) is 3.50. The van der Waals surface area contributed by atoms with Crippen LogP contribution < -0.4 is 10.6 Å². The maximum atomic E-state index is 10.6. The zero-order valence-corrected chi connectivity index (χ0v) is 6.70. The van der Waals surface area contributed by atoms with Gasteiger partial charge in [0.2, 0.25) is 0 Å². The molecule has 0 aromatic rings. The average Bonchev–Trinajstić information content (AvgIpc) is 2.00. The van der Waals surface area contributed by atoms with Crippen molar-refractivity contribution < 1.29 is 19.8 Å². The third kappa shape index (κ3) is 4.51. The molecule has 0 aromatic heterocycles. The molecule has 0 aromatic carbocycles. The molecule has 6 nitrogen and oxygen atoms in total. The molecular weight excluding hydrogens is 164 g/mol. The normalized spacial score (nSPS) is 11.8. The Hall–Kier alpha value is -1.30. The number of hydrogen-bond donors (Lipinski definition) is 4. The number of carboxylic acids is 1. The van der Waals surface area contributed by atoms with Gasteiger partial charge in [0, 0.05) is 6.54 Å². The van der Waals surface area contributed by atoms with Crippen LogP contribution in [0.3, 0.4) is 0 Å². The summed E-state index contributed by atoms with van der Waals surface area (Å²) in [7, 11) is 0. The number of carbonyl (C=O) groups excluding carboxylic acids is 1. The lowest BCUT2D eigenvalue weighted by molar-refractivity contribution is -0.146. The number of hydrogen-bond acceptors (Lipinski definition) is 3. The van der Waals surface area contributed by atoms with Gasteiger partial charge >= 0.3 is 12.0 Å². The molecule has 0 aliphatic rings. The number of amides is 2. The molecular formula is C6H12N2O4. The Balaban J connectivity index is 3.54. The number of aliphatic hydroxyl groups is 1. The second-order valence-electron chi connectivity index (χ2n) is 2.09. The number of aliphatic hydroxyl groups excluding tert-OH is 1. The first-order valence-corrected chi connectivity index (χ1v) is 3.50. The number of nitrogens with one attached hydrogen (secondary N) is 2. The number of carboxylic acid groups (broad SMARTS) is 1. The van der Waals surface area contributed by atoms with Crippen LogP contribution in [0, 0.1) is 0 Å². The Bertz CT molecular complexity index is 171. The van der Waals surface area contributed by atoms with Crippen molar-refractivity contribution in [3.63, 3.8) is 0 Å². The number of carbonyl (C=O) groups is 2. The number of urea groups is 1. The highest BCUT2D eigenvalue weighted by molar-refractivity contribution is 5.76. The summed E-state index contributed by atoms with van der Waals surface area (Å²) in [6.07, 6.45) is -1.55. The highest BCUT2D eigenvalue weighted by Crippen LogP contribution is 1.79. The van der Waals surface area contributed by atoms with Crippen molar-refractivity contribution in [3.05, 3.63) is 0 Å². The molecule has 0 saturated heterocycles. The zero-order chi connectivity index (χ0) is 9.56. The van der Waals surface area contributed by atoms with Gasteiger partial charge in [0.15, 0.2) is 6.10 Å². The van der Waals surface area contributed by atoms with Crippen LogP contribution in [0.15, 0.2) is 0 Å². The van der Waals surface area contributed by atoms with Crippen LogP contribution in [-0.2, 0) is 4.79 Å². The molecule has 6 heteroatoms. The van der Waals surface area contributed by atoms with Gasteiger partial charge in [-0.1, -0.05) is 0 Å². The molecule has 0 aliphatic carbocycles. The van der Waals surface area contributed by atoms with Crippen molar-refractivity contribution in [2.75, 3.05) is 13.1 Å². The molecule has 0 aliphatic heterocycles. The molecule has 0 spiro atoms. The number of rotatable bonds is 4. The predicted octanol–water partition coefficient (Wildman–Crippen LogP) is -1.25. The summed E-state index contributed by atoms with van der Waals surface area (Å²) in [5.41, 5.74) is 0. The molecule has 4 N–H and O–H groups in total. The summed E-state index contributed by atoms with van der Waals surface area (Å²) >= 11 is 0. The zero-order valence-electron chi connectivity index (χ0n) is 6.70. The van der Waals surface area contributed by atoms with E-state index in [1.54, 1.807) is 6.92 Å². The van der Waals surface area contributed by atoms with Crippen LogP contribution in [0.5, 0.6) is 0 Å². The van der Waals surface area contributed by atoms with Gasteiger partial charge in [-0.25, -0.2) is 9.59 Å². The van der Waals surface area contributed by atoms with E-state index in [1.165, 1.54) is 0 Å². The molecule has 0 saturated carbocycles. The maximum absolute atomic E-state index is 10.6. The van der Waals surface area contributed by atoms with E-state index in [0.29, 0.717) is 6.54 Å². The third-order valence-electron chi connectivity index (χ3n) is 1.08. The Morgan fingerprint density at radius 2 is 2.00 bits per heavy atom. The fourth-order valence-electron chi connectivity index (χ4n) is 0.500. The minimum absolute atomic E-state index is 0.291. The Kier molecular flexibility index (Phi) is 4.78. The van der Waals surface area contributed by atoms with E-state index >= 15 is 0 Å². The average molecular weight is 176 g/mol. The second-order valence-corrected chi connectivity index (χ2v) is 2.09. The lowest BCUT2D eigenvalue weighted by Gasteiger charge is -2.07. The Morgan fingerprint density at radius 3 is 2.42 bits per heavy atom. The summed E-state index contributed by atoms with van der Waals surface area (Å²) in [6, 6.07) is -0.488. The van der Waals surface area contributed by atoms with E-state index in [-0.39, 0.29) is 6.54 Å². The van der Waals surface area contributed by atoms with Crippen LogP contribution in [0.25, 0.3) is 0 Å². The number of aliphatic carboxylic acids is 1. The molecule has 0 heterocycles. The minimum Gasteiger partial charge on any atom is -0.479 e. The molecule has 2 amide bonds. The second kappa shape index (κ2) is 5.36. The fourth-order valence-corrected chi connectivity index (χ4v) is 0.500. The Labute approximate surface area is 69.6 Å². The van der Waals surface area contributed by atoms with E-state index in [0.717, 1.165) is 0 Å². The highest BCUT2D eigenvalue weighted by Gasteiger charge is 2.13. The van der Waals surface area contributed by atoms with Gasteiger partial charge in [-0.2, -0.15) is 0 Å². The van der Waals surface area contributed by atoms with Gasteiger partial charge < -0.3 is 20.8 Å². The Morgan fingerprint density at radius 1 is 1.42 bits per heavy atom. The largest absolute Gasteiger partial charge is 0.479 e. The smallest absolute Gasteiger partial charge is 0.334 e. The molecule has 12 heavy (non-hydrogen) atoms. The lowest BCUT2D eigenvalue weighted by Crippen LogP contribution is -2.41. The van der Waals surface area contributed by atoms with Gasteiger partial charge in [-0.05, 0) is 6.92 Å². The van der Waals surface area contributed by atoms with E-state index in [9.17, 15) is 9.59 Å². The van der Waals surface area contributed by atoms with Crippen molar-refractivity contribution in [2.45, 2.75) is 13.0 Å². The molecule has 1 atom stereocenters. The molecule has 0 bridgehead atoms. The third-order valence-corrected chi connectivity index (χ3v) is 1.08. The van der Waals surface area contributed by atoms with Crippen molar-refractivity contribution >= 4 is 12.0 Å². The summed E-state index contributed by atoms with van der Waals surface area (Å²) < 4.78 is 0. The fraction of sp³-hybridized carbons (Fsp3) is 0.667. The summed E-state index contributed by atoms with van der Waals surface area (Å²) in [6.45, 7) is 1.89. The van der Waals surface area contributed by atoms with Crippen molar-refractivity contribution in [3.8, 4) is 0 Å². The van der Waals surface area contributed by atoms with Gasteiger partial charge in [0.1, 0.15) is 0 Å². The van der Waals surface area contributed by atoms with Crippen LogP contribution >= 0.6 is 0 Å². The van der Waals surface area contributed by atoms with Crippen molar-refractivity contribution in [1.82, 2.24) is 10.6 Å². The van der Waals surface area contributed by atoms with E-state index in [1.807, 2.05) is 0 Å². The van der Waals surface area contributed by atoms with E-state index in [2.05, 4.69) is 10.6 Å². The standard InChI is InChI=1S/C6H12N2O4/c1-2-7-6(12)8-3-4(9)5(10)11/h4,9H,2-3H2,1H3,(H,10,11)(H2,7,8,12)/t4-/m0/s1. The molecule has 70 valence electrons. The highest BCUT2D eigenvalue weighted by atomic mass is 16.4. The molecule has 0 fully saturated rings. The minimum atomic E-state index is -1.55. The maximum Gasteiger partial charge on any atom is 0.334 e. The monoisotopic (exact) mass is 176 g/mol. The lowest BCUT2D eigenvalue weighted by atomic mass is 10.4.